The smallest absolute Gasteiger partial charge is 0.410 e. The molecule has 0 radical (unpaired) electrons. The lowest BCUT2D eigenvalue weighted by Gasteiger charge is -2.37. The summed E-state index contributed by atoms with van der Waals surface area (Å²) in [5.41, 5.74) is -0.225. The van der Waals surface area contributed by atoms with E-state index in [-0.39, 0.29) is 26.1 Å². The van der Waals surface area contributed by atoms with Crippen LogP contribution in [0.5, 0.6) is 5.75 Å². The van der Waals surface area contributed by atoms with E-state index in [0.29, 0.717) is 18.7 Å². The number of nitro groups is 1. The van der Waals surface area contributed by atoms with Gasteiger partial charge in [-0.2, -0.15) is 4.31 Å². The van der Waals surface area contributed by atoms with Gasteiger partial charge in [0.2, 0.25) is 10.0 Å². The number of hydrogen-bond acceptors (Lipinski definition) is 10. The minimum absolute atomic E-state index is 0.0256. The number of benzene rings is 4. The number of esters is 1. The van der Waals surface area contributed by atoms with Gasteiger partial charge in [0, 0.05) is 25.7 Å². The summed E-state index contributed by atoms with van der Waals surface area (Å²) in [6.45, 7) is 9.93. The van der Waals surface area contributed by atoms with Crippen LogP contribution in [0, 0.1) is 10.1 Å². The molecular weight excluding hydrogens is 749 g/mol. The Morgan fingerprint density at radius 2 is 1.21 bits per heavy atom. The molecule has 4 aromatic carbocycles. The van der Waals surface area contributed by atoms with Gasteiger partial charge in [0.15, 0.2) is 4.90 Å². The third-order valence-electron chi connectivity index (χ3n) is 8.82. The van der Waals surface area contributed by atoms with Crippen molar-refractivity contribution >= 4 is 27.8 Å². The van der Waals surface area contributed by atoms with Crippen LogP contribution >= 0.6 is 0 Å². The molecule has 0 fully saturated rings. The highest BCUT2D eigenvalue weighted by Crippen LogP contribution is 2.37. The standard InChI is InChI=1S/C43H54N4O9S/c1-41(2,3)55-39(48)32-45(40(49)56-42(4,5)6)29-17-31-46(57(52,53)38-23-15-14-22-37(38)47(50)51)30-16-28-44-43(33-18-10-8-11-19-33,34-20-12-9-13-21-34)35-24-26-36(54-7)27-25-35/h8-15,18-27,44H,16-17,28-32H2,1-7H3. The zero-order valence-electron chi connectivity index (χ0n) is 33.8. The molecule has 57 heavy (non-hydrogen) atoms. The molecule has 0 saturated carbocycles. The molecular formula is C43H54N4O9S. The second-order valence-corrected chi connectivity index (χ2v) is 17.4. The van der Waals surface area contributed by atoms with Crippen LogP contribution in [-0.2, 0) is 29.8 Å². The SMILES string of the molecule is COc1ccc(C(NCCCN(CCCN(CC(=O)OC(C)(C)C)C(=O)OC(C)(C)C)S(=O)(=O)c2ccccc2[N+](=O)[O-])(c2ccccc2)c2ccccc2)cc1. The van der Waals surface area contributed by atoms with E-state index in [9.17, 15) is 28.1 Å². The molecule has 1 N–H and O–H groups in total. The van der Waals surface area contributed by atoms with Crippen molar-refractivity contribution in [3.63, 3.8) is 0 Å². The molecule has 4 aromatic rings. The minimum Gasteiger partial charge on any atom is -0.497 e. The molecule has 0 spiro atoms. The van der Waals surface area contributed by atoms with Crippen molar-refractivity contribution in [1.29, 1.82) is 0 Å². The van der Waals surface area contributed by atoms with Crippen molar-refractivity contribution in [3.8, 4) is 5.75 Å². The number of carbonyl (C=O) groups excluding carboxylic acids is 2. The molecule has 0 aromatic heterocycles. The van der Waals surface area contributed by atoms with Crippen molar-refractivity contribution in [3.05, 3.63) is 136 Å². The molecule has 0 atom stereocenters. The van der Waals surface area contributed by atoms with Crippen LogP contribution < -0.4 is 10.1 Å². The quantitative estimate of drug-likeness (QED) is 0.0351. The summed E-state index contributed by atoms with van der Waals surface area (Å²) in [6.07, 6.45) is -0.382. The number of nitro benzene ring substituents is 1. The van der Waals surface area contributed by atoms with E-state index >= 15 is 0 Å². The van der Waals surface area contributed by atoms with Gasteiger partial charge in [-0.15, -0.1) is 0 Å². The average Bonchev–Trinajstić information content (AvgIpc) is 3.16. The van der Waals surface area contributed by atoms with E-state index in [1.807, 2.05) is 84.9 Å². The Kier molecular flexibility index (Phi) is 15.0. The number of methoxy groups -OCH3 is 1. The Morgan fingerprint density at radius 1 is 0.702 bits per heavy atom. The Morgan fingerprint density at radius 3 is 1.74 bits per heavy atom. The van der Waals surface area contributed by atoms with Crippen molar-refractivity contribution in [2.45, 2.75) is 76.0 Å². The molecule has 14 heteroatoms. The first-order valence-electron chi connectivity index (χ1n) is 18.8. The van der Waals surface area contributed by atoms with E-state index in [4.69, 9.17) is 14.2 Å². The Balaban J connectivity index is 1.66. The fourth-order valence-electron chi connectivity index (χ4n) is 6.40. The van der Waals surface area contributed by atoms with Gasteiger partial charge in [0.05, 0.1) is 17.6 Å². The van der Waals surface area contributed by atoms with Gasteiger partial charge in [-0.05, 0) is 95.8 Å². The van der Waals surface area contributed by atoms with E-state index in [0.717, 1.165) is 22.8 Å². The number of carbonyl (C=O) groups is 2. The zero-order chi connectivity index (χ0) is 41.9. The van der Waals surface area contributed by atoms with Crippen LogP contribution in [0.2, 0.25) is 0 Å². The van der Waals surface area contributed by atoms with Gasteiger partial charge in [-0.1, -0.05) is 84.9 Å². The van der Waals surface area contributed by atoms with E-state index < -0.39 is 60.9 Å². The molecule has 1 amide bonds. The van der Waals surface area contributed by atoms with E-state index in [1.54, 1.807) is 48.7 Å². The number of ether oxygens (including phenoxy) is 3. The van der Waals surface area contributed by atoms with Gasteiger partial charge < -0.3 is 14.2 Å². The van der Waals surface area contributed by atoms with Crippen LogP contribution in [-0.4, -0.2) is 85.6 Å². The summed E-state index contributed by atoms with van der Waals surface area (Å²) in [6, 6.07) is 32.8. The average molecular weight is 803 g/mol. The fraction of sp³-hybridized carbons (Fsp3) is 0.395. The molecule has 0 heterocycles. The minimum atomic E-state index is -4.43. The summed E-state index contributed by atoms with van der Waals surface area (Å²) in [4.78, 5) is 38.1. The summed E-state index contributed by atoms with van der Waals surface area (Å²) in [5, 5.41) is 15.8. The highest BCUT2D eigenvalue weighted by Gasteiger charge is 2.37. The maximum atomic E-state index is 14.3. The van der Waals surface area contributed by atoms with Crippen molar-refractivity contribution in [2.75, 3.05) is 39.8 Å². The predicted octanol–water partition coefficient (Wildman–Crippen LogP) is 7.53. The Bertz CT molecular complexity index is 2010. The second kappa shape index (κ2) is 19.2. The van der Waals surface area contributed by atoms with Gasteiger partial charge in [-0.25, -0.2) is 13.2 Å². The normalized spacial score (nSPS) is 12.2. The topological polar surface area (TPSA) is 158 Å². The highest BCUT2D eigenvalue weighted by molar-refractivity contribution is 7.89. The van der Waals surface area contributed by atoms with Gasteiger partial charge in [0.1, 0.15) is 23.5 Å². The zero-order valence-corrected chi connectivity index (χ0v) is 34.6. The number of hydrogen-bond donors (Lipinski definition) is 1. The van der Waals surface area contributed by atoms with Crippen molar-refractivity contribution in [1.82, 2.24) is 14.5 Å². The highest BCUT2D eigenvalue weighted by atomic mass is 32.2. The first kappa shape index (κ1) is 44.4. The van der Waals surface area contributed by atoms with E-state index in [1.165, 1.54) is 27.4 Å². The lowest BCUT2D eigenvalue weighted by molar-refractivity contribution is -0.387. The number of sulfonamides is 1. The lowest BCUT2D eigenvalue weighted by atomic mass is 9.77. The number of amides is 1. The third kappa shape index (κ3) is 12.1. The monoisotopic (exact) mass is 802 g/mol. The summed E-state index contributed by atoms with van der Waals surface area (Å²) in [5.74, 6) is 0.0435. The number of para-hydroxylation sites is 1. The molecule has 13 nitrogen and oxygen atoms in total. The third-order valence-corrected chi connectivity index (χ3v) is 10.8. The van der Waals surface area contributed by atoms with Crippen molar-refractivity contribution in [2.24, 2.45) is 0 Å². The Labute approximate surface area is 336 Å². The maximum Gasteiger partial charge on any atom is 0.410 e. The first-order valence-corrected chi connectivity index (χ1v) is 20.3. The first-order chi connectivity index (χ1) is 26.9. The lowest BCUT2D eigenvalue weighted by Crippen LogP contribution is -2.46. The van der Waals surface area contributed by atoms with Crippen LogP contribution in [0.3, 0.4) is 0 Å². The van der Waals surface area contributed by atoms with E-state index in [2.05, 4.69) is 5.32 Å². The largest absolute Gasteiger partial charge is 0.497 e. The van der Waals surface area contributed by atoms with Crippen LogP contribution in [0.1, 0.15) is 71.1 Å². The number of nitrogens with one attached hydrogen (secondary N) is 1. The predicted molar refractivity (Wildman–Crippen MR) is 219 cm³/mol. The van der Waals surface area contributed by atoms with Gasteiger partial charge in [0.25, 0.3) is 5.69 Å². The molecule has 0 aliphatic heterocycles. The van der Waals surface area contributed by atoms with Crippen LogP contribution in [0.25, 0.3) is 0 Å². The molecule has 0 aliphatic carbocycles. The molecule has 0 bridgehead atoms. The second-order valence-electron chi connectivity index (χ2n) is 15.5. The van der Waals surface area contributed by atoms with Crippen molar-refractivity contribution < 1.29 is 37.1 Å². The Hall–Kier alpha value is -5.31. The summed E-state index contributed by atoms with van der Waals surface area (Å²) in [7, 11) is -2.82. The number of nitrogens with zero attached hydrogens (tertiary/aromatic N) is 3. The molecule has 0 unspecified atom stereocenters. The molecule has 0 aliphatic rings. The molecule has 4 rings (SSSR count). The number of rotatable bonds is 18. The molecule has 306 valence electrons. The summed E-state index contributed by atoms with van der Waals surface area (Å²) >= 11 is 0. The van der Waals surface area contributed by atoms with Crippen LogP contribution in [0.4, 0.5) is 10.5 Å². The fourth-order valence-corrected chi connectivity index (χ4v) is 8.08. The maximum absolute atomic E-state index is 14.3. The van der Waals surface area contributed by atoms with Crippen LogP contribution in [0.15, 0.2) is 114 Å². The molecule has 0 saturated heterocycles. The summed E-state index contributed by atoms with van der Waals surface area (Å²) < 4.78 is 46.3. The van der Waals surface area contributed by atoms with Gasteiger partial charge in [-0.3, -0.25) is 25.1 Å². The van der Waals surface area contributed by atoms with Gasteiger partial charge >= 0.3 is 12.1 Å².